The normalized spacial score (nSPS) is 15.9. The molecule has 0 saturated carbocycles. The van der Waals surface area contributed by atoms with Crippen LogP contribution in [0.2, 0.25) is 0 Å². The third-order valence-electron chi connectivity index (χ3n) is 4.74. The highest BCUT2D eigenvalue weighted by Gasteiger charge is 2.31. The molecule has 1 saturated heterocycles. The van der Waals surface area contributed by atoms with Gasteiger partial charge in [-0.2, -0.15) is 0 Å². The third kappa shape index (κ3) is 9.15. The predicted molar refractivity (Wildman–Crippen MR) is 126 cm³/mol. The predicted octanol–water partition coefficient (Wildman–Crippen LogP) is 4.75. The molecule has 1 fully saturated rings. The number of aliphatic hydroxyl groups is 1. The molecule has 0 radical (unpaired) electrons. The summed E-state index contributed by atoms with van der Waals surface area (Å²) in [6.45, 7) is 16.7. The Morgan fingerprint density at radius 2 is 1.71 bits per heavy atom. The van der Waals surface area contributed by atoms with Gasteiger partial charge < -0.3 is 19.8 Å². The average Bonchev–Trinajstić information content (AvgIpc) is 2.56. The highest BCUT2D eigenvalue weighted by molar-refractivity contribution is 9.10. The molecule has 8 heteroatoms. The first-order valence-corrected chi connectivity index (χ1v) is 11.4. The van der Waals surface area contributed by atoms with Crippen LogP contribution in [0, 0.1) is 12.3 Å². The average molecular weight is 501 g/mol. The Hall–Kier alpha value is -1.67. The summed E-state index contributed by atoms with van der Waals surface area (Å²) in [5.41, 5.74) is 1.77. The van der Waals surface area contributed by atoms with E-state index in [0.717, 1.165) is 37.2 Å². The number of carbonyl (C=O) groups is 2. The molecule has 0 amide bonds. The monoisotopic (exact) mass is 500 g/mol. The highest BCUT2D eigenvalue weighted by Crippen LogP contribution is 2.39. The van der Waals surface area contributed by atoms with E-state index in [1.165, 1.54) is 0 Å². The van der Waals surface area contributed by atoms with E-state index in [0.29, 0.717) is 10.2 Å². The molecule has 0 bridgehead atoms. The number of hydrogen-bond donors (Lipinski definition) is 2. The van der Waals surface area contributed by atoms with Gasteiger partial charge in [0.15, 0.2) is 5.69 Å². The summed E-state index contributed by atoms with van der Waals surface area (Å²) in [5, 5.41) is 18.0. The number of esters is 1. The summed E-state index contributed by atoms with van der Waals surface area (Å²) in [6.07, 6.45) is 1.87. The summed E-state index contributed by atoms with van der Waals surface area (Å²) >= 11 is 3.43. The number of aromatic carboxylic acids is 1. The van der Waals surface area contributed by atoms with E-state index in [1.807, 2.05) is 0 Å². The van der Waals surface area contributed by atoms with E-state index in [9.17, 15) is 14.7 Å². The Morgan fingerprint density at radius 1 is 1.23 bits per heavy atom. The number of rotatable bonds is 5. The first-order valence-electron chi connectivity index (χ1n) is 10.6. The van der Waals surface area contributed by atoms with Crippen LogP contribution in [-0.2, 0) is 16.0 Å². The van der Waals surface area contributed by atoms with Crippen molar-refractivity contribution in [2.75, 3.05) is 18.0 Å². The molecule has 0 atom stereocenters. The summed E-state index contributed by atoms with van der Waals surface area (Å²) in [4.78, 5) is 30.2. The van der Waals surface area contributed by atoms with Crippen molar-refractivity contribution in [2.24, 2.45) is 5.41 Å². The molecule has 0 aliphatic carbocycles. The van der Waals surface area contributed by atoms with E-state index in [4.69, 9.17) is 9.84 Å². The van der Waals surface area contributed by atoms with Gasteiger partial charge in [-0.25, -0.2) is 9.78 Å². The maximum atomic E-state index is 12.2. The smallest absolute Gasteiger partial charge is 0.355 e. The molecule has 2 heterocycles. The Kier molecular flexibility index (Phi) is 9.50. The fraction of sp³-hybridized carbons (Fsp3) is 0.696. The lowest BCUT2D eigenvalue weighted by Crippen LogP contribution is -2.38. The van der Waals surface area contributed by atoms with Crippen LogP contribution in [0.25, 0.3) is 0 Å². The lowest BCUT2D eigenvalue weighted by Gasteiger charge is -2.39. The number of ether oxygens (including phenoxy) is 1. The van der Waals surface area contributed by atoms with Crippen LogP contribution in [0.4, 0.5) is 5.69 Å². The molecule has 176 valence electrons. The lowest BCUT2D eigenvalue weighted by molar-refractivity contribution is -0.146. The Morgan fingerprint density at radius 3 is 2.13 bits per heavy atom. The number of carboxylic acid groups (broad SMARTS) is 1. The van der Waals surface area contributed by atoms with Crippen molar-refractivity contribution in [3.8, 4) is 0 Å². The largest absolute Gasteiger partial charge is 0.476 e. The van der Waals surface area contributed by atoms with Crippen molar-refractivity contribution in [1.29, 1.82) is 0 Å². The van der Waals surface area contributed by atoms with Crippen molar-refractivity contribution < 1.29 is 24.5 Å². The van der Waals surface area contributed by atoms with Crippen molar-refractivity contribution in [1.82, 2.24) is 4.98 Å². The molecular formula is C23H37BrN2O5. The molecule has 1 aliphatic rings. The van der Waals surface area contributed by atoms with Crippen molar-refractivity contribution >= 4 is 33.6 Å². The quantitative estimate of drug-likeness (QED) is 0.562. The number of pyridine rings is 1. The SMILES string of the molecule is CC(C)(C)O.Cc1nc(C(=O)O)c(Br)c(N2CCC(C)(C)CC2)c1CC(=O)OC(C)C. The molecule has 7 nitrogen and oxygen atoms in total. The van der Waals surface area contributed by atoms with Gasteiger partial charge in [0.1, 0.15) is 0 Å². The Labute approximate surface area is 194 Å². The van der Waals surface area contributed by atoms with Crippen LogP contribution in [-0.4, -0.2) is 51.9 Å². The maximum Gasteiger partial charge on any atom is 0.355 e. The van der Waals surface area contributed by atoms with E-state index in [-0.39, 0.29) is 29.6 Å². The molecule has 0 spiro atoms. The van der Waals surface area contributed by atoms with Gasteiger partial charge in [0.05, 0.1) is 28.3 Å². The third-order valence-corrected chi connectivity index (χ3v) is 5.49. The number of anilines is 1. The zero-order valence-corrected chi connectivity index (χ0v) is 21.6. The minimum absolute atomic E-state index is 0.0247. The van der Waals surface area contributed by atoms with Crippen LogP contribution in [0.5, 0.6) is 0 Å². The van der Waals surface area contributed by atoms with E-state index in [1.54, 1.807) is 41.5 Å². The van der Waals surface area contributed by atoms with Gasteiger partial charge in [-0.1, -0.05) is 13.8 Å². The Bertz CT molecular complexity index is 784. The number of hydrogen-bond acceptors (Lipinski definition) is 6. The van der Waals surface area contributed by atoms with Crippen LogP contribution in [0.1, 0.15) is 83.1 Å². The molecule has 0 aromatic carbocycles. The van der Waals surface area contributed by atoms with Gasteiger partial charge in [0.2, 0.25) is 0 Å². The van der Waals surface area contributed by atoms with Crippen LogP contribution >= 0.6 is 15.9 Å². The summed E-state index contributed by atoms with van der Waals surface area (Å²) in [6, 6.07) is 0. The second-order valence-corrected chi connectivity index (χ2v) is 10.8. The second kappa shape index (κ2) is 10.8. The molecular weight excluding hydrogens is 464 g/mol. The van der Waals surface area contributed by atoms with Gasteiger partial charge in [-0.3, -0.25) is 4.79 Å². The van der Waals surface area contributed by atoms with Gasteiger partial charge in [-0.15, -0.1) is 0 Å². The van der Waals surface area contributed by atoms with Crippen molar-refractivity contribution in [3.63, 3.8) is 0 Å². The van der Waals surface area contributed by atoms with E-state index >= 15 is 0 Å². The van der Waals surface area contributed by atoms with Gasteiger partial charge in [0, 0.05) is 24.3 Å². The number of carboxylic acids is 1. The number of aryl methyl sites for hydroxylation is 1. The van der Waals surface area contributed by atoms with Crippen molar-refractivity contribution in [3.05, 3.63) is 21.4 Å². The molecule has 0 unspecified atom stereocenters. The van der Waals surface area contributed by atoms with Crippen LogP contribution in [0.15, 0.2) is 4.47 Å². The summed E-state index contributed by atoms with van der Waals surface area (Å²) in [7, 11) is 0. The van der Waals surface area contributed by atoms with E-state index < -0.39 is 11.6 Å². The van der Waals surface area contributed by atoms with E-state index in [2.05, 4.69) is 39.7 Å². The molecule has 1 aromatic rings. The second-order valence-electron chi connectivity index (χ2n) is 10.0. The number of carbonyl (C=O) groups excluding carboxylic acids is 1. The lowest BCUT2D eigenvalue weighted by atomic mass is 9.82. The van der Waals surface area contributed by atoms with Crippen molar-refractivity contribution in [2.45, 2.75) is 86.4 Å². The Balaban J connectivity index is 0.000000861. The molecule has 2 N–H and O–H groups in total. The van der Waals surface area contributed by atoms with Crippen LogP contribution < -0.4 is 4.90 Å². The van der Waals surface area contributed by atoms with Crippen LogP contribution in [0.3, 0.4) is 0 Å². The maximum absolute atomic E-state index is 12.2. The minimum Gasteiger partial charge on any atom is -0.476 e. The molecule has 1 aromatic heterocycles. The molecule has 31 heavy (non-hydrogen) atoms. The molecule has 2 rings (SSSR count). The number of aromatic nitrogens is 1. The van der Waals surface area contributed by atoms with Gasteiger partial charge >= 0.3 is 11.9 Å². The van der Waals surface area contributed by atoms with Gasteiger partial charge in [-0.05, 0) is 75.7 Å². The van der Waals surface area contributed by atoms with Gasteiger partial charge in [0.25, 0.3) is 0 Å². The highest BCUT2D eigenvalue weighted by atomic mass is 79.9. The first-order chi connectivity index (χ1) is 14.0. The standard InChI is InChI=1S/C19H27BrN2O4.C4H10O/c1-11(2)26-14(23)10-13-12(3)21-16(18(24)25)15(20)17(13)22-8-6-19(4,5)7-9-22;1-4(2,3)5/h11H,6-10H2,1-5H3,(H,24,25);5H,1-3H3. The number of halogens is 1. The summed E-state index contributed by atoms with van der Waals surface area (Å²) < 4.78 is 5.72. The minimum atomic E-state index is -1.09. The topological polar surface area (TPSA) is 100.0 Å². The zero-order valence-electron chi connectivity index (χ0n) is 20.0. The molecule has 1 aliphatic heterocycles. The summed E-state index contributed by atoms with van der Waals surface area (Å²) in [5.74, 6) is -1.42. The fourth-order valence-electron chi connectivity index (χ4n) is 3.17. The fourth-order valence-corrected chi connectivity index (χ4v) is 3.92. The zero-order chi connectivity index (χ0) is 24.1. The number of nitrogens with zero attached hydrogens (tertiary/aromatic N) is 2. The first kappa shape index (κ1) is 27.4. The number of piperidine rings is 1.